The van der Waals surface area contributed by atoms with E-state index in [1.54, 1.807) is 0 Å². The predicted molar refractivity (Wildman–Crippen MR) is 339 cm³/mol. The highest BCUT2D eigenvalue weighted by Gasteiger charge is 2.19. The van der Waals surface area contributed by atoms with E-state index in [4.69, 9.17) is 14.2 Å². The van der Waals surface area contributed by atoms with Gasteiger partial charge in [-0.3, -0.25) is 14.4 Å². The molecular formula is C72H126O6. The van der Waals surface area contributed by atoms with Gasteiger partial charge < -0.3 is 14.2 Å². The summed E-state index contributed by atoms with van der Waals surface area (Å²) in [7, 11) is 0. The Morgan fingerprint density at radius 3 is 0.782 bits per heavy atom. The van der Waals surface area contributed by atoms with Gasteiger partial charge in [0.05, 0.1) is 0 Å². The first-order valence-electron chi connectivity index (χ1n) is 33.6. The van der Waals surface area contributed by atoms with E-state index < -0.39 is 6.10 Å². The predicted octanol–water partition coefficient (Wildman–Crippen LogP) is 23.1. The Morgan fingerprint density at radius 2 is 0.474 bits per heavy atom. The monoisotopic (exact) mass is 1090 g/mol. The molecule has 0 saturated carbocycles. The first-order chi connectivity index (χ1) is 38.5. The maximum absolute atomic E-state index is 12.9. The summed E-state index contributed by atoms with van der Waals surface area (Å²) in [5.74, 6) is -0.901. The Kier molecular flexibility index (Phi) is 63.2. The lowest BCUT2D eigenvalue weighted by molar-refractivity contribution is -0.167. The van der Waals surface area contributed by atoms with E-state index in [1.807, 2.05) is 0 Å². The van der Waals surface area contributed by atoms with Crippen LogP contribution in [-0.2, 0) is 28.6 Å². The van der Waals surface area contributed by atoms with Gasteiger partial charge in [-0.15, -0.1) is 0 Å². The Bertz CT molecular complexity index is 1480. The number of carbonyl (C=O) groups excluding carboxylic acids is 3. The van der Waals surface area contributed by atoms with Crippen molar-refractivity contribution in [3.63, 3.8) is 0 Å². The van der Waals surface area contributed by atoms with Crippen LogP contribution < -0.4 is 0 Å². The highest BCUT2D eigenvalue weighted by Crippen LogP contribution is 2.17. The van der Waals surface area contributed by atoms with Crippen LogP contribution in [0, 0.1) is 0 Å². The van der Waals surface area contributed by atoms with Gasteiger partial charge in [0.2, 0.25) is 0 Å². The molecule has 0 spiro atoms. The van der Waals surface area contributed by atoms with Crippen molar-refractivity contribution in [3.8, 4) is 0 Å². The molecule has 78 heavy (non-hydrogen) atoms. The minimum absolute atomic E-state index is 0.0849. The van der Waals surface area contributed by atoms with Crippen LogP contribution in [0.3, 0.4) is 0 Å². The molecule has 0 N–H and O–H groups in total. The number of ether oxygens (including phenoxy) is 3. The van der Waals surface area contributed by atoms with Crippen molar-refractivity contribution in [2.45, 2.75) is 341 Å². The number of carbonyl (C=O) groups is 3. The van der Waals surface area contributed by atoms with Gasteiger partial charge in [0.1, 0.15) is 13.2 Å². The van der Waals surface area contributed by atoms with Crippen LogP contribution in [0.25, 0.3) is 0 Å². The topological polar surface area (TPSA) is 78.9 Å². The summed E-state index contributed by atoms with van der Waals surface area (Å²) >= 11 is 0. The zero-order valence-electron chi connectivity index (χ0n) is 51.7. The molecule has 0 amide bonds. The van der Waals surface area contributed by atoms with Crippen LogP contribution in [0.5, 0.6) is 0 Å². The Balaban J connectivity index is 4.21. The van der Waals surface area contributed by atoms with Crippen molar-refractivity contribution < 1.29 is 28.6 Å². The third kappa shape index (κ3) is 63.4. The number of esters is 3. The lowest BCUT2D eigenvalue weighted by Crippen LogP contribution is -2.30. The standard InChI is InChI=1S/C72H126O6/c1-4-7-10-13-16-19-22-25-28-29-30-31-32-33-34-35-36-37-38-39-40-41-42-43-45-47-50-53-56-59-62-65-71(74)77-68-69(67-76-70(73)64-61-58-55-52-49-46-27-24-21-18-15-12-9-6-3)78-72(75)66-63-60-57-54-51-48-44-26-23-20-17-14-11-8-5-2/h15,17-18,20,22,24-27,29-30,32-33,44,69H,4-14,16,19,21,23,28,31,34-43,45-68H2,1-3H3/b18-15-,20-17-,25-22-,27-24-,30-29-,33-32-,44-26-. The van der Waals surface area contributed by atoms with Crippen LogP contribution in [-0.4, -0.2) is 37.2 Å². The quantitative estimate of drug-likeness (QED) is 0.0261. The molecule has 0 aliphatic carbocycles. The zero-order chi connectivity index (χ0) is 56.4. The van der Waals surface area contributed by atoms with Crippen molar-refractivity contribution in [2.24, 2.45) is 0 Å². The third-order valence-corrected chi connectivity index (χ3v) is 14.6. The van der Waals surface area contributed by atoms with E-state index in [2.05, 4.69) is 106 Å². The summed E-state index contributed by atoms with van der Waals surface area (Å²) in [5, 5.41) is 0. The molecular weight excluding hydrogens is 961 g/mol. The smallest absolute Gasteiger partial charge is 0.306 e. The van der Waals surface area contributed by atoms with Gasteiger partial charge in [0.15, 0.2) is 6.10 Å². The van der Waals surface area contributed by atoms with Crippen molar-refractivity contribution >= 4 is 17.9 Å². The molecule has 450 valence electrons. The van der Waals surface area contributed by atoms with Gasteiger partial charge in [-0.05, 0) is 116 Å². The molecule has 0 aromatic rings. The van der Waals surface area contributed by atoms with E-state index >= 15 is 0 Å². The molecule has 0 aromatic heterocycles. The fourth-order valence-electron chi connectivity index (χ4n) is 9.50. The summed E-state index contributed by atoms with van der Waals surface area (Å²) in [6.07, 6.45) is 87.5. The molecule has 0 radical (unpaired) electrons. The highest BCUT2D eigenvalue weighted by molar-refractivity contribution is 5.71. The van der Waals surface area contributed by atoms with Gasteiger partial charge in [0.25, 0.3) is 0 Å². The molecule has 6 nitrogen and oxygen atoms in total. The fraction of sp³-hybridized carbons (Fsp3) is 0.764. The SMILES string of the molecule is CCCC/C=C\C/C=C\CCCCCCCC(=O)OCC(COC(=O)CCCCCCCCCCCCCCCCCC/C=C\C/C=C\C/C=C\CCCCCCC)OC(=O)CCCCCCC/C=C\C/C=C\CCCCC. The second-order valence-corrected chi connectivity index (χ2v) is 22.4. The van der Waals surface area contributed by atoms with Crippen molar-refractivity contribution in [3.05, 3.63) is 85.1 Å². The zero-order valence-corrected chi connectivity index (χ0v) is 51.7. The molecule has 6 heteroatoms. The molecule has 0 heterocycles. The first kappa shape index (κ1) is 74.6. The number of rotatable bonds is 61. The minimum atomic E-state index is -0.790. The maximum atomic E-state index is 12.9. The molecule has 0 rings (SSSR count). The Morgan fingerprint density at radius 1 is 0.256 bits per heavy atom. The maximum Gasteiger partial charge on any atom is 0.306 e. The normalized spacial score (nSPS) is 12.6. The number of unbranched alkanes of at least 4 members (excludes halogenated alkanes) is 36. The average Bonchev–Trinajstić information content (AvgIpc) is 3.44. The second-order valence-electron chi connectivity index (χ2n) is 22.4. The number of hydrogen-bond acceptors (Lipinski definition) is 6. The molecule has 0 saturated heterocycles. The van der Waals surface area contributed by atoms with Crippen LogP contribution in [0.2, 0.25) is 0 Å². The Hall–Kier alpha value is -3.41. The van der Waals surface area contributed by atoms with E-state index in [0.717, 1.165) is 116 Å². The highest BCUT2D eigenvalue weighted by atomic mass is 16.6. The molecule has 1 atom stereocenters. The average molecular weight is 1090 g/mol. The molecule has 0 aromatic carbocycles. The fourth-order valence-corrected chi connectivity index (χ4v) is 9.50. The minimum Gasteiger partial charge on any atom is -0.462 e. The second kappa shape index (κ2) is 66.1. The van der Waals surface area contributed by atoms with Crippen LogP contribution in [0.4, 0.5) is 0 Å². The summed E-state index contributed by atoms with van der Waals surface area (Å²) in [4.78, 5) is 38.3. The van der Waals surface area contributed by atoms with Gasteiger partial charge in [-0.1, -0.05) is 286 Å². The first-order valence-corrected chi connectivity index (χ1v) is 33.6. The van der Waals surface area contributed by atoms with Crippen molar-refractivity contribution in [1.82, 2.24) is 0 Å². The Labute approximate surface area is 484 Å². The van der Waals surface area contributed by atoms with Crippen LogP contribution >= 0.6 is 0 Å². The van der Waals surface area contributed by atoms with E-state index in [0.29, 0.717) is 19.3 Å². The third-order valence-electron chi connectivity index (χ3n) is 14.6. The number of hydrogen-bond donors (Lipinski definition) is 0. The van der Waals surface area contributed by atoms with Gasteiger partial charge in [-0.25, -0.2) is 0 Å². The summed E-state index contributed by atoms with van der Waals surface area (Å²) in [6.45, 7) is 6.57. The van der Waals surface area contributed by atoms with Gasteiger partial charge in [0, 0.05) is 19.3 Å². The van der Waals surface area contributed by atoms with Crippen LogP contribution in [0.1, 0.15) is 335 Å². The lowest BCUT2D eigenvalue weighted by atomic mass is 10.0. The van der Waals surface area contributed by atoms with Crippen molar-refractivity contribution in [2.75, 3.05) is 13.2 Å². The molecule has 0 aliphatic heterocycles. The molecule has 0 fully saturated rings. The van der Waals surface area contributed by atoms with Gasteiger partial charge >= 0.3 is 17.9 Å². The lowest BCUT2D eigenvalue weighted by Gasteiger charge is -2.18. The summed E-state index contributed by atoms with van der Waals surface area (Å²) in [6, 6.07) is 0. The molecule has 1 unspecified atom stereocenters. The molecule has 0 aliphatic rings. The van der Waals surface area contributed by atoms with E-state index in [9.17, 15) is 14.4 Å². The van der Waals surface area contributed by atoms with Crippen LogP contribution in [0.15, 0.2) is 85.1 Å². The summed E-state index contributed by atoms with van der Waals surface area (Å²) < 4.78 is 16.9. The van der Waals surface area contributed by atoms with Gasteiger partial charge in [-0.2, -0.15) is 0 Å². The van der Waals surface area contributed by atoms with E-state index in [1.165, 1.54) is 180 Å². The van der Waals surface area contributed by atoms with E-state index in [-0.39, 0.29) is 31.1 Å². The van der Waals surface area contributed by atoms with Crippen molar-refractivity contribution in [1.29, 1.82) is 0 Å². The molecule has 0 bridgehead atoms. The summed E-state index contributed by atoms with van der Waals surface area (Å²) in [5.41, 5.74) is 0. The number of allylic oxidation sites excluding steroid dienone is 14. The largest absolute Gasteiger partial charge is 0.462 e.